The van der Waals surface area contributed by atoms with E-state index in [1.54, 1.807) is 13.8 Å². The minimum atomic E-state index is -3.65. The van der Waals surface area contributed by atoms with E-state index in [0.29, 0.717) is 17.0 Å². The first kappa shape index (κ1) is 17.1. The van der Waals surface area contributed by atoms with Crippen LogP contribution in [0.2, 0.25) is 0 Å². The fourth-order valence-corrected chi connectivity index (χ4v) is 2.71. The molecule has 6 nitrogen and oxygen atoms in total. The van der Waals surface area contributed by atoms with Crippen LogP contribution in [-0.2, 0) is 21.2 Å². The largest absolute Gasteiger partial charge is 0.274 e. The molecule has 1 aromatic carbocycles. The van der Waals surface area contributed by atoms with Gasteiger partial charge in [0.1, 0.15) is 11.5 Å². The Morgan fingerprint density at radius 1 is 1.30 bits per heavy atom. The molecule has 0 radical (unpaired) electrons. The van der Waals surface area contributed by atoms with E-state index in [0.717, 1.165) is 18.4 Å². The summed E-state index contributed by atoms with van der Waals surface area (Å²) in [6.07, 6.45) is 0.662. The standard InChI is InChI=1S/C14H15F2N3O3S/c1-8-11(7-14(20)18-23(3,21)22)9(2)19(17-8)13-5-4-10(15)6-12(13)16/h4-6H,7H2,1-3H3,(H,18,20). The predicted octanol–water partition coefficient (Wildman–Crippen LogP) is 1.39. The van der Waals surface area contributed by atoms with Crippen molar-refractivity contribution >= 4 is 15.9 Å². The number of sulfonamides is 1. The van der Waals surface area contributed by atoms with Gasteiger partial charge in [-0.1, -0.05) is 0 Å². The molecule has 9 heteroatoms. The van der Waals surface area contributed by atoms with E-state index in [-0.39, 0.29) is 12.1 Å². The minimum Gasteiger partial charge on any atom is -0.274 e. The van der Waals surface area contributed by atoms with Crippen LogP contribution in [-0.4, -0.2) is 30.4 Å². The molecule has 0 spiro atoms. The van der Waals surface area contributed by atoms with Gasteiger partial charge in [-0.25, -0.2) is 21.9 Å². The number of hydrogen-bond donors (Lipinski definition) is 1. The van der Waals surface area contributed by atoms with E-state index >= 15 is 0 Å². The fraction of sp³-hybridized carbons (Fsp3) is 0.286. The van der Waals surface area contributed by atoms with Crippen molar-refractivity contribution in [1.29, 1.82) is 0 Å². The van der Waals surface area contributed by atoms with Gasteiger partial charge in [0, 0.05) is 17.3 Å². The summed E-state index contributed by atoms with van der Waals surface area (Å²) in [5, 5.41) is 4.15. The van der Waals surface area contributed by atoms with Gasteiger partial charge in [-0.2, -0.15) is 5.10 Å². The number of carbonyl (C=O) groups excluding carboxylic acids is 1. The highest BCUT2D eigenvalue weighted by Crippen LogP contribution is 2.21. The third kappa shape index (κ3) is 3.92. The summed E-state index contributed by atoms with van der Waals surface area (Å²) >= 11 is 0. The lowest BCUT2D eigenvalue weighted by Crippen LogP contribution is -2.30. The van der Waals surface area contributed by atoms with Crippen LogP contribution in [0.1, 0.15) is 17.0 Å². The maximum atomic E-state index is 13.9. The Morgan fingerprint density at radius 2 is 1.96 bits per heavy atom. The van der Waals surface area contributed by atoms with Crippen molar-refractivity contribution in [3.8, 4) is 5.69 Å². The van der Waals surface area contributed by atoms with Crippen molar-refractivity contribution in [3.05, 3.63) is 46.8 Å². The molecule has 23 heavy (non-hydrogen) atoms. The molecule has 0 aliphatic carbocycles. The second kappa shape index (κ2) is 6.07. The molecule has 0 saturated heterocycles. The third-order valence-corrected chi connectivity index (χ3v) is 3.81. The lowest BCUT2D eigenvalue weighted by Gasteiger charge is -2.07. The first-order valence-corrected chi connectivity index (χ1v) is 8.49. The number of rotatable bonds is 4. The van der Waals surface area contributed by atoms with Gasteiger partial charge < -0.3 is 0 Å². The van der Waals surface area contributed by atoms with Gasteiger partial charge in [0.05, 0.1) is 18.4 Å². The third-order valence-electron chi connectivity index (χ3n) is 3.22. The van der Waals surface area contributed by atoms with E-state index < -0.39 is 27.6 Å². The highest BCUT2D eigenvalue weighted by atomic mass is 32.2. The van der Waals surface area contributed by atoms with Crippen LogP contribution in [0.25, 0.3) is 5.69 Å². The van der Waals surface area contributed by atoms with Crippen LogP contribution < -0.4 is 4.72 Å². The fourth-order valence-electron chi connectivity index (χ4n) is 2.22. The monoisotopic (exact) mass is 343 g/mol. The zero-order valence-electron chi connectivity index (χ0n) is 12.7. The number of amides is 1. The van der Waals surface area contributed by atoms with E-state index in [4.69, 9.17) is 0 Å². The Labute approximate surface area is 132 Å². The van der Waals surface area contributed by atoms with Crippen LogP contribution in [0.15, 0.2) is 18.2 Å². The molecule has 124 valence electrons. The molecule has 2 aromatic rings. The Balaban J connectivity index is 2.38. The molecular weight excluding hydrogens is 328 g/mol. The van der Waals surface area contributed by atoms with Gasteiger partial charge in [0.15, 0.2) is 5.82 Å². The smallest absolute Gasteiger partial charge is 0.237 e. The molecule has 0 fully saturated rings. The van der Waals surface area contributed by atoms with Gasteiger partial charge in [0.2, 0.25) is 15.9 Å². The van der Waals surface area contributed by atoms with Crippen molar-refractivity contribution in [2.24, 2.45) is 0 Å². The molecule has 0 atom stereocenters. The van der Waals surface area contributed by atoms with Gasteiger partial charge in [-0.05, 0) is 26.0 Å². The van der Waals surface area contributed by atoms with E-state index in [1.807, 2.05) is 4.72 Å². The molecule has 0 saturated carbocycles. The second-order valence-corrected chi connectivity index (χ2v) is 6.88. The molecule has 0 bridgehead atoms. The number of nitrogens with zero attached hydrogens (tertiary/aromatic N) is 2. The number of aromatic nitrogens is 2. The number of aryl methyl sites for hydroxylation is 1. The second-order valence-electron chi connectivity index (χ2n) is 5.13. The van der Waals surface area contributed by atoms with Crippen molar-refractivity contribution in [2.45, 2.75) is 20.3 Å². The van der Waals surface area contributed by atoms with Crippen LogP contribution in [0.4, 0.5) is 8.78 Å². The first-order valence-electron chi connectivity index (χ1n) is 6.59. The first-order chi connectivity index (χ1) is 10.6. The predicted molar refractivity (Wildman–Crippen MR) is 79.6 cm³/mol. The maximum absolute atomic E-state index is 13.9. The normalized spacial score (nSPS) is 11.5. The van der Waals surface area contributed by atoms with Gasteiger partial charge in [-0.3, -0.25) is 9.52 Å². The summed E-state index contributed by atoms with van der Waals surface area (Å²) in [7, 11) is -3.65. The molecule has 0 unspecified atom stereocenters. The Morgan fingerprint density at radius 3 is 2.52 bits per heavy atom. The topological polar surface area (TPSA) is 81.1 Å². The van der Waals surface area contributed by atoms with Crippen LogP contribution >= 0.6 is 0 Å². The number of nitrogens with one attached hydrogen (secondary N) is 1. The van der Waals surface area contributed by atoms with Crippen LogP contribution in [0.3, 0.4) is 0 Å². The minimum absolute atomic E-state index is 0.0433. The Kier molecular flexibility index (Phi) is 4.51. The van der Waals surface area contributed by atoms with E-state index in [1.165, 1.54) is 10.7 Å². The summed E-state index contributed by atoms with van der Waals surface area (Å²) in [4.78, 5) is 11.7. The number of benzene rings is 1. The molecule has 1 amide bonds. The number of carbonyl (C=O) groups is 1. The zero-order valence-corrected chi connectivity index (χ0v) is 13.5. The van der Waals surface area contributed by atoms with E-state index in [9.17, 15) is 22.0 Å². The molecular formula is C14H15F2N3O3S. The summed E-state index contributed by atoms with van der Waals surface area (Å²) in [6, 6.07) is 3.08. The summed E-state index contributed by atoms with van der Waals surface area (Å²) in [5.74, 6) is -2.21. The lowest BCUT2D eigenvalue weighted by atomic mass is 10.1. The van der Waals surface area contributed by atoms with E-state index in [2.05, 4.69) is 5.10 Å². The van der Waals surface area contributed by atoms with Gasteiger partial charge in [0.25, 0.3) is 0 Å². The molecule has 0 aliphatic heterocycles. The SMILES string of the molecule is Cc1nn(-c2ccc(F)cc2F)c(C)c1CC(=O)NS(C)(=O)=O. The average Bonchev–Trinajstić information content (AvgIpc) is 2.64. The zero-order chi connectivity index (χ0) is 17.4. The maximum Gasteiger partial charge on any atom is 0.237 e. The highest BCUT2D eigenvalue weighted by Gasteiger charge is 2.19. The summed E-state index contributed by atoms with van der Waals surface area (Å²) in [6.45, 7) is 3.24. The number of halogens is 2. The molecule has 1 N–H and O–H groups in total. The molecule has 1 aromatic heterocycles. The van der Waals surface area contributed by atoms with Crippen LogP contribution in [0, 0.1) is 25.5 Å². The quantitative estimate of drug-likeness (QED) is 0.909. The summed E-state index contributed by atoms with van der Waals surface area (Å²) in [5.41, 5.74) is 1.45. The molecule has 2 rings (SSSR count). The Bertz CT molecular complexity index is 876. The average molecular weight is 343 g/mol. The Hall–Kier alpha value is -2.29. The summed E-state index contributed by atoms with van der Waals surface area (Å²) < 4.78 is 52.1. The highest BCUT2D eigenvalue weighted by molar-refractivity contribution is 7.89. The van der Waals surface area contributed by atoms with Gasteiger partial charge >= 0.3 is 0 Å². The van der Waals surface area contributed by atoms with Crippen LogP contribution in [0.5, 0.6) is 0 Å². The van der Waals surface area contributed by atoms with Crippen molar-refractivity contribution in [3.63, 3.8) is 0 Å². The molecule has 0 aliphatic rings. The molecule has 1 heterocycles. The van der Waals surface area contributed by atoms with Crippen molar-refractivity contribution in [1.82, 2.24) is 14.5 Å². The number of hydrogen-bond acceptors (Lipinski definition) is 4. The van der Waals surface area contributed by atoms with Gasteiger partial charge in [-0.15, -0.1) is 0 Å². The lowest BCUT2D eigenvalue weighted by molar-refractivity contribution is -0.118. The van der Waals surface area contributed by atoms with Crippen molar-refractivity contribution < 1.29 is 22.0 Å². The van der Waals surface area contributed by atoms with Crippen molar-refractivity contribution in [2.75, 3.05) is 6.26 Å².